The monoisotopic (exact) mass is 324 g/mol. The summed E-state index contributed by atoms with van der Waals surface area (Å²) in [5.41, 5.74) is 3.31. The smallest absolute Gasteiger partial charge is 0.426 e. The molecule has 1 rings (SSSR count). The highest BCUT2D eigenvalue weighted by Crippen LogP contribution is 2.17. The van der Waals surface area contributed by atoms with Crippen LogP contribution in [0, 0.1) is 6.92 Å². The van der Waals surface area contributed by atoms with Crippen LogP contribution in [0.15, 0.2) is 6.07 Å². The molecule has 0 bridgehead atoms. The third kappa shape index (κ3) is 5.43. The van der Waals surface area contributed by atoms with E-state index in [4.69, 9.17) is 9.47 Å². The first kappa shape index (κ1) is 18.7. The van der Waals surface area contributed by atoms with Crippen molar-refractivity contribution in [3.63, 3.8) is 0 Å². The summed E-state index contributed by atoms with van der Waals surface area (Å²) < 4.78 is 11.5. The third-order valence-corrected chi connectivity index (χ3v) is 2.94. The standard InChI is InChI=1S/C16H24N2O5/c1-7-22-14(20)9-12-8-13(11(3)19)10(2)18(12)17-15(21)23-16(4,5)6/h8H,7,9H2,1-6H3,(H,17,21). The summed E-state index contributed by atoms with van der Waals surface area (Å²) in [6.07, 6.45) is -0.728. The van der Waals surface area contributed by atoms with Crippen molar-refractivity contribution in [2.45, 2.75) is 53.6 Å². The number of carbonyl (C=O) groups is 3. The molecule has 1 heterocycles. The minimum Gasteiger partial charge on any atom is -0.466 e. The first-order valence-corrected chi connectivity index (χ1v) is 7.43. The molecule has 0 aliphatic carbocycles. The van der Waals surface area contributed by atoms with Gasteiger partial charge in [-0.15, -0.1) is 0 Å². The molecular formula is C16H24N2O5. The van der Waals surface area contributed by atoms with Crippen LogP contribution in [0.5, 0.6) is 0 Å². The lowest BCUT2D eigenvalue weighted by Crippen LogP contribution is -2.33. The molecular weight excluding hydrogens is 300 g/mol. The normalized spacial score (nSPS) is 11.0. The van der Waals surface area contributed by atoms with Crippen molar-refractivity contribution in [3.8, 4) is 0 Å². The number of hydrogen-bond acceptors (Lipinski definition) is 5. The third-order valence-electron chi connectivity index (χ3n) is 2.94. The molecule has 7 nitrogen and oxygen atoms in total. The second-order valence-corrected chi connectivity index (χ2v) is 6.12. The van der Waals surface area contributed by atoms with E-state index >= 15 is 0 Å². The summed E-state index contributed by atoms with van der Waals surface area (Å²) in [6, 6.07) is 1.58. The fourth-order valence-corrected chi connectivity index (χ4v) is 2.07. The Balaban J connectivity index is 3.09. The Bertz CT molecular complexity index is 611. The van der Waals surface area contributed by atoms with E-state index in [9.17, 15) is 14.4 Å². The Morgan fingerprint density at radius 2 is 1.87 bits per heavy atom. The highest BCUT2D eigenvalue weighted by atomic mass is 16.6. The van der Waals surface area contributed by atoms with Gasteiger partial charge in [0.2, 0.25) is 0 Å². The van der Waals surface area contributed by atoms with Gasteiger partial charge in [-0.2, -0.15) is 0 Å². The van der Waals surface area contributed by atoms with Crippen LogP contribution in [-0.2, 0) is 20.7 Å². The largest absolute Gasteiger partial charge is 0.466 e. The summed E-state index contributed by atoms with van der Waals surface area (Å²) in [5.74, 6) is -0.593. The maximum Gasteiger partial charge on any atom is 0.426 e. The highest BCUT2D eigenvalue weighted by molar-refractivity contribution is 5.96. The first-order valence-electron chi connectivity index (χ1n) is 7.43. The van der Waals surface area contributed by atoms with Crippen molar-refractivity contribution in [2.24, 2.45) is 0 Å². The summed E-state index contributed by atoms with van der Waals surface area (Å²) in [4.78, 5) is 35.4. The van der Waals surface area contributed by atoms with Crippen molar-refractivity contribution >= 4 is 17.8 Å². The van der Waals surface area contributed by atoms with Crippen LogP contribution in [0.3, 0.4) is 0 Å². The Kier molecular flexibility index (Phi) is 5.95. The molecule has 0 aliphatic heterocycles. The first-order chi connectivity index (χ1) is 10.5. The van der Waals surface area contributed by atoms with Crippen molar-refractivity contribution < 1.29 is 23.9 Å². The number of carbonyl (C=O) groups excluding carboxylic acids is 3. The second-order valence-electron chi connectivity index (χ2n) is 6.12. The Hall–Kier alpha value is -2.31. The number of ether oxygens (including phenoxy) is 2. The Morgan fingerprint density at radius 1 is 1.26 bits per heavy atom. The summed E-state index contributed by atoms with van der Waals surface area (Å²) in [5, 5.41) is 0. The van der Waals surface area contributed by atoms with Gasteiger partial charge in [-0.25, -0.2) is 10.2 Å². The molecule has 1 N–H and O–H groups in total. The second kappa shape index (κ2) is 7.30. The molecule has 0 aromatic carbocycles. The predicted octanol–water partition coefficient (Wildman–Crippen LogP) is 2.58. The highest BCUT2D eigenvalue weighted by Gasteiger charge is 2.21. The molecule has 1 aromatic heterocycles. The molecule has 0 saturated heterocycles. The summed E-state index contributed by atoms with van der Waals surface area (Å²) in [7, 11) is 0. The maximum atomic E-state index is 12.0. The zero-order valence-corrected chi connectivity index (χ0v) is 14.5. The fraction of sp³-hybridized carbons (Fsp3) is 0.562. The predicted molar refractivity (Wildman–Crippen MR) is 85.1 cm³/mol. The van der Waals surface area contributed by atoms with E-state index in [0.29, 0.717) is 17.0 Å². The Labute approximate surface area is 135 Å². The van der Waals surface area contributed by atoms with Crippen LogP contribution >= 0.6 is 0 Å². The van der Waals surface area contributed by atoms with E-state index in [1.165, 1.54) is 11.6 Å². The number of rotatable bonds is 5. The lowest BCUT2D eigenvalue weighted by molar-refractivity contribution is -0.142. The number of nitrogens with one attached hydrogen (secondary N) is 1. The number of Topliss-reactive ketones (excluding diaryl/α,β-unsaturated/α-hetero) is 1. The molecule has 0 aliphatic rings. The number of nitrogens with zero attached hydrogens (tertiary/aromatic N) is 1. The van der Waals surface area contributed by atoms with Gasteiger partial charge >= 0.3 is 12.1 Å². The molecule has 0 saturated carbocycles. The SMILES string of the molecule is CCOC(=O)Cc1cc(C(C)=O)c(C)n1NC(=O)OC(C)(C)C. The lowest BCUT2D eigenvalue weighted by Gasteiger charge is -2.21. The average Bonchev–Trinajstić information content (AvgIpc) is 2.65. The quantitative estimate of drug-likeness (QED) is 0.664. The summed E-state index contributed by atoms with van der Waals surface area (Å²) in [6.45, 7) is 10.3. The van der Waals surface area contributed by atoms with E-state index in [0.717, 1.165) is 0 Å². The number of esters is 1. The molecule has 7 heteroatoms. The van der Waals surface area contributed by atoms with Crippen molar-refractivity contribution in [2.75, 3.05) is 12.0 Å². The number of hydrogen-bond donors (Lipinski definition) is 1. The zero-order chi connectivity index (χ0) is 17.8. The molecule has 0 unspecified atom stereocenters. The molecule has 128 valence electrons. The average molecular weight is 324 g/mol. The topological polar surface area (TPSA) is 86.6 Å². The van der Waals surface area contributed by atoms with Gasteiger partial charge in [-0.05, 0) is 47.6 Å². The zero-order valence-electron chi connectivity index (χ0n) is 14.5. The van der Waals surface area contributed by atoms with E-state index < -0.39 is 17.7 Å². The van der Waals surface area contributed by atoms with Gasteiger partial charge in [0.1, 0.15) is 5.60 Å². The Morgan fingerprint density at radius 3 is 2.35 bits per heavy atom. The van der Waals surface area contributed by atoms with Gasteiger partial charge < -0.3 is 9.47 Å². The van der Waals surface area contributed by atoms with Crippen LogP contribution in [-0.4, -0.2) is 34.7 Å². The molecule has 0 spiro atoms. The summed E-state index contributed by atoms with van der Waals surface area (Å²) >= 11 is 0. The molecule has 0 atom stereocenters. The van der Waals surface area contributed by atoms with Crippen LogP contribution in [0.2, 0.25) is 0 Å². The molecule has 0 fully saturated rings. The van der Waals surface area contributed by atoms with Crippen LogP contribution in [0.1, 0.15) is 56.4 Å². The minimum absolute atomic E-state index is 0.0578. The van der Waals surface area contributed by atoms with Crippen LogP contribution < -0.4 is 5.43 Å². The maximum absolute atomic E-state index is 12.0. The van der Waals surface area contributed by atoms with Crippen molar-refractivity contribution in [3.05, 3.63) is 23.0 Å². The van der Waals surface area contributed by atoms with E-state index in [1.54, 1.807) is 40.7 Å². The van der Waals surface area contributed by atoms with Gasteiger partial charge in [0.25, 0.3) is 0 Å². The van der Waals surface area contributed by atoms with Crippen molar-refractivity contribution in [1.82, 2.24) is 4.68 Å². The van der Waals surface area contributed by atoms with Gasteiger partial charge in [-0.1, -0.05) is 0 Å². The molecule has 1 amide bonds. The minimum atomic E-state index is -0.670. The number of amides is 1. The van der Waals surface area contributed by atoms with Crippen LogP contribution in [0.4, 0.5) is 4.79 Å². The molecule has 1 aromatic rings. The number of ketones is 1. The fourth-order valence-electron chi connectivity index (χ4n) is 2.07. The lowest BCUT2D eigenvalue weighted by atomic mass is 10.2. The number of aromatic nitrogens is 1. The van der Waals surface area contributed by atoms with Crippen molar-refractivity contribution in [1.29, 1.82) is 0 Å². The van der Waals surface area contributed by atoms with Gasteiger partial charge in [-0.3, -0.25) is 14.3 Å². The van der Waals surface area contributed by atoms with E-state index in [2.05, 4.69) is 5.43 Å². The van der Waals surface area contributed by atoms with Gasteiger partial charge in [0, 0.05) is 11.3 Å². The van der Waals surface area contributed by atoms with E-state index in [-0.39, 0.29) is 18.8 Å². The van der Waals surface area contributed by atoms with Crippen LogP contribution in [0.25, 0.3) is 0 Å². The van der Waals surface area contributed by atoms with E-state index in [1.807, 2.05) is 0 Å². The van der Waals surface area contributed by atoms with Gasteiger partial charge in [0.05, 0.1) is 18.7 Å². The molecule has 23 heavy (non-hydrogen) atoms. The molecule has 0 radical (unpaired) electrons. The van der Waals surface area contributed by atoms with Gasteiger partial charge in [0.15, 0.2) is 5.78 Å².